The summed E-state index contributed by atoms with van der Waals surface area (Å²) in [6, 6.07) is 5.89. The predicted octanol–water partition coefficient (Wildman–Crippen LogP) is 2.09. The first-order valence-electron chi connectivity index (χ1n) is 7.33. The summed E-state index contributed by atoms with van der Waals surface area (Å²) in [7, 11) is 0. The Kier molecular flexibility index (Phi) is 4.61. The Balaban J connectivity index is 2.29. The number of pyridine rings is 1. The van der Waals surface area contributed by atoms with E-state index in [9.17, 15) is 9.65 Å². The van der Waals surface area contributed by atoms with Gasteiger partial charge in [-0.25, -0.2) is 14.4 Å². The van der Waals surface area contributed by atoms with Crippen LogP contribution in [-0.2, 0) is 5.33 Å². The predicted molar refractivity (Wildman–Crippen MR) is 98.5 cm³/mol. The first kappa shape index (κ1) is 17.5. The lowest BCUT2D eigenvalue weighted by Crippen LogP contribution is -2.33. The molecule has 2 heterocycles. The summed E-state index contributed by atoms with van der Waals surface area (Å²) in [5, 5.41) is 23.6. The van der Waals surface area contributed by atoms with Gasteiger partial charge < -0.3 is 16.8 Å². The molecule has 1 unspecified atom stereocenters. The number of anilines is 3. The molecule has 0 aliphatic carbocycles. The standard InChI is InChI=1S/C16H12BrFN8/c17-4-7-2-1-3-8(11(7)18)13-10-12(21)9(5-19)14(22)25-15(10)26-16(24-13)23-6-20/h1-3,13H,4H2,(H6,21,22,23,24,25,26). The van der Waals surface area contributed by atoms with Crippen LogP contribution in [0, 0.1) is 28.6 Å². The number of nitrogens with zero attached hydrogens (tertiary/aromatic N) is 4. The average Bonchev–Trinajstić information content (AvgIpc) is 2.61. The fraction of sp³-hybridized carbons (Fsp3) is 0.125. The van der Waals surface area contributed by atoms with Gasteiger partial charge in [-0.2, -0.15) is 10.5 Å². The zero-order chi connectivity index (χ0) is 18.8. The Bertz CT molecular complexity index is 1000. The second kappa shape index (κ2) is 6.86. The Labute approximate surface area is 156 Å². The first-order chi connectivity index (χ1) is 12.5. The van der Waals surface area contributed by atoms with Crippen molar-refractivity contribution in [2.24, 2.45) is 4.99 Å². The van der Waals surface area contributed by atoms with Crippen LogP contribution in [0.2, 0.25) is 0 Å². The average molecular weight is 415 g/mol. The van der Waals surface area contributed by atoms with E-state index in [4.69, 9.17) is 16.7 Å². The minimum absolute atomic E-state index is 0.000466. The van der Waals surface area contributed by atoms with Gasteiger partial charge in [0.05, 0.1) is 5.69 Å². The lowest BCUT2D eigenvalue weighted by atomic mass is 9.94. The SMILES string of the molecule is N#CNC1=NC(c2cccc(CBr)c2F)c2c(nc(N)c(C#N)c2N)N1. The number of nitriles is 2. The molecule has 26 heavy (non-hydrogen) atoms. The van der Waals surface area contributed by atoms with Crippen LogP contribution in [0.4, 0.5) is 21.7 Å². The Hall–Kier alpha value is -3.37. The number of fused-ring (bicyclic) bond motifs is 1. The maximum absolute atomic E-state index is 14.9. The maximum Gasteiger partial charge on any atom is 0.211 e. The zero-order valence-corrected chi connectivity index (χ0v) is 14.8. The van der Waals surface area contributed by atoms with Crippen LogP contribution >= 0.6 is 15.9 Å². The van der Waals surface area contributed by atoms with Gasteiger partial charge in [-0.05, 0) is 5.56 Å². The number of guanidine groups is 1. The molecule has 1 atom stereocenters. The van der Waals surface area contributed by atoms with Crippen molar-refractivity contribution in [2.45, 2.75) is 11.4 Å². The van der Waals surface area contributed by atoms with E-state index >= 15 is 0 Å². The molecule has 0 bridgehead atoms. The van der Waals surface area contributed by atoms with Crippen molar-refractivity contribution in [2.75, 3.05) is 16.8 Å². The third-order valence-corrected chi connectivity index (χ3v) is 4.51. The topological polar surface area (TPSA) is 149 Å². The highest BCUT2D eigenvalue weighted by atomic mass is 79.9. The Morgan fingerprint density at radius 1 is 1.35 bits per heavy atom. The molecular weight excluding hydrogens is 403 g/mol. The molecule has 2 aromatic rings. The highest BCUT2D eigenvalue weighted by Crippen LogP contribution is 2.41. The molecule has 0 fully saturated rings. The minimum atomic E-state index is -0.902. The van der Waals surface area contributed by atoms with Gasteiger partial charge in [0.1, 0.15) is 35.1 Å². The van der Waals surface area contributed by atoms with Gasteiger partial charge >= 0.3 is 0 Å². The minimum Gasteiger partial charge on any atom is -0.397 e. The number of benzene rings is 1. The van der Waals surface area contributed by atoms with Gasteiger partial charge in [-0.1, -0.05) is 34.1 Å². The second-order valence-electron chi connectivity index (χ2n) is 5.36. The van der Waals surface area contributed by atoms with Crippen molar-refractivity contribution in [3.63, 3.8) is 0 Å². The molecule has 3 rings (SSSR count). The Morgan fingerprint density at radius 2 is 2.12 bits per heavy atom. The molecule has 6 N–H and O–H groups in total. The molecule has 130 valence electrons. The fourth-order valence-electron chi connectivity index (χ4n) is 2.72. The molecule has 0 saturated carbocycles. The molecule has 1 aliphatic rings. The molecule has 1 aromatic heterocycles. The zero-order valence-electron chi connectivity index (χ0n) is 13.2. The van der Waals surface area contributed by atoms with Crippen molar-refractivity contribution < 1.29 is 4.39 Å². The fourth-order valence-corrected chi connectivity index (χ4v) is 3.15. The first-order valence-corrected chi connectivity index (χ1v) is 8.46. The van der Waals surface area contributed by atoms with Gasteiger partial charge in [-0.15, -0.1) is 0 Å². The highest BCUT2D eigenvalue weighted by molar-refractivity contribution is 9.08. The summed E-state index contributed by atoms with van der Waals surface area (Å²) in [5.74, 6) is -0.245. The number of nitrogens with one attached hydrogen (secondary N) is 2. The quantitative estimate of drug-likeness (QED) is 0.333. The van der Waals surface area contributed by atoms with Crippen LogP contribution in [0.1, 0.15) is 28.3 Å². The summed E-state index contributed by atoms with van der Waals surface area (Å²) >= 11 is 3.24. The smallest absolute Gasteiger partial charge is 0.211 e. The van der Waals surface area contributed by atoms with Crippen LogP contribution in [-0.4, -0.2) is 10.9 Å². The number of alkyl halides is 1. The molecule has 10 heteroatoms. The van der Waals surface area contributed by atoms with Crippen LogP contribution in [0.5, 0.6) is 0 Å². The van der Waals surface area contributed by atoms with E-state index in [0.29, 0.717) is 16.5 Å². The van der Waals surface area contributed by atoms with Crippen LogP contribution in [0.15, 0.2) is 23.2 Å². The van der Waals surface area contributed by atoms with Crippen molar-refractivity contribution in [1.29, 1.82) is 10.5 Å². The van der Waals surface area contributed by atoms with Crippen LogP contribution in [0.25, 0.3) is 0 Å². The van der Waals surface area contributed by atoms with E-state index in [1.807, 2.05) is 6.07 Å². The van der Waals surface area contributed by atoms with E-state index < -0.39 is 11.9 Å². The lowest BCUT2D eigenvalue weighted by molar-refractivity contribution is 0.590. The van der Waals surface area contributed by atoms with E-state index in [-0.39, 0.29) is 34.4 Å². The lowest BCUT2D eigenvalue weighted by Gasteiger charge is -2.26. The van der Waals surface area contributed by atoms with E-state index in [0.717, 1.165) is 0 Å². The summed E-state index contributed by atoms with van der Waals surface area (Å²) < 4.78 is 14.9. The molecule has 0 spiro atoms. The molecule has 8 nitrogen and oxygen atoms in total. The van der Waals surface area contributed by atoms with Gasteiger partial charge in [0, 0.05) is 16.5 Å². The summed E-state index contributed by atoms with van der Waals surface area (Å²) in [5.41, 5.74) is 13.0. The number of nitrogens with two attached hydrogens (primary N) is 2. The molecule has 0 amide bonds. The molecule has 1 aliphatic heterocycles. The third kappa shape index (κ3) is 2.76. The second-order valence-corrected chi connectivity index (χ2v) is 5.92. The monoisotopic (exact) mass is 414 g/mol. The van der Waals surface area contributed by atoms with E-state index in [1.165, 1.54) is 0 Å². The van der Waals surface area contributed by atoms with Crippen molar-refractivity contribution in [1.82, 2.24) is 10.3 Å². The summed E-state index contributed by atoms with van der Waals surface area (Å²) in [6.45, 7) is 0. The largest absolute Gasteiger partial charge is 0.397 e. The van der Waals surface area contributed by atoms with Crippen LogP contribution < -0.4 is 22.1 Å². The van der Waals surface area contributed by atoms with Gasteiger partial charge in [-0.3, -0.25) is 5.32 Å². The van der Waals surface area contributed by atoms with E-state index in [2.05, 4.69) is 36.5 Å². The molecule has 1 aromatic carbocycles. The van der Waals surface area contributed by atoms with Gasteiger partial charge in [0.25, 0.3) is 0 Å². The summed E-state index contributed by atoms with van der Waals surface area (Å²) in [6.07, 6.45) is 1.74. The summed E-state index contributed by atoms with van der Waals surface area (Å²) in [4.78, 5) is 8.46. The van der Waals surface area contributed by atoms with Crippen molar-refractivity contribution in [3.05, 3.63) is 46.3 Å². The number of aromatic nitrogens is 1. The normalized spacial score (nSPS) is 15.1. The number of hydrogen-bond donors (Lipinski definition) is 4. The molecule has 0 saturated heterocycles. The maximum atomic E-state index is 14.9. The molecular formula is C16H12BrFN8. The van der Waals surface area contributed by atoms with Crippen molar-refractivity contribution >= 4 is 39.2 Å². The third-order valence-electron chi connectivity index (χ3n) is 3.90. The van der Waals surface area contributed by atoms with E-state index in [1.54, 1.807) is 24.4 Å². The highest BCUT2D eigenvalue weighted by Gasteiger charge is 2.31. The van der Waals surface area contributed by atoms with Crippen LogP contribution in [0.3, 0.4) is 0 Å². The molecule has 0 radical (unpaired) electrons. The number of rotatable bonds is 2. The Morgan fingerprint density at radius 3 is 2.77 bits per heavy atom. The number of hydrogen-bond acceptors (Lipinski definition) is 8. The number of aliphatic imine (C=N–C) groups is 1. The van der Waals surface area contributed by atoms with Gasteiger partial charge in [0.15, 0.2) is 6.19 Å². The number of halogens is 2. The number of nitrogen functional groups attached to an aromatic ring is 2. The van der Waals surface area contributed by atoms with Crippen molar-refractivity contribution in [3.8, 4) is 12.3 Å². The van der Waals surface area contributed by atoms with Gasteiger partial charge in [0.2, 0.25) is 5.96 Å².